The lowest BCUT2D eigenvalue weighted by Gasteiger charge is -1.61. The van der Waals surface area contributed by atoms with Crippen LogP contribution in [0.5, 0.6) is 0 Å². The molecule has 0 aromatic rings. The Kier molecular flexibility index (Phi) is 17.8. The molecule has 0 aromatic carbocycles. The van der Waals surface area contributed by atoms with Crippen molar-refractivity contribution in [3.8, 4) is 0 Å². The van der Waals surface area contributed by atoms with E-state index < -0.39 is 19.3 Å². The largest absolute Gasteiger partial charge is 0.481 e. The Morgan fingerprint density at radius 1 is 1.50 bits per heavy atom. The summed E-state index contributed by atoms with van der Waals surface area (Å²) in [5, 5.41) is 21.1. The van der Waals surface area contributed by atoms with E-state index in [0.717, 1.165) is 6.92 Å². The van der Waals surface area contributed by atoms with Gasteiger partial charge in [-0.15, -0.1) is 10.1 Å². The Morgan fingerprint density at radius 2 is 1.50 bits per heavy atom. The van der Waals surface area contributed by atoms with E-state index in [1.807, 2.05) is 0 Å². The van der Waals surface area contributed by atoms with Gasteiger partial charge in [-0.05, 0) is 0 Å². The number of carboxylic acids is 1. The molecule has 0 saturated heterocycles. The highest BCUT2D eigenvalue weighted by Gasteiger charge is 1.65. The molecular weight excluding hydrogens is 197 g/mol. The summed E-state index contributed by atoms with van der Waals surface area (Å²) in [5.74, 6) is -0.833. The molecular formula is C2H8NO8P. The van der Waals surface area contributed by atoms with Crippen molar-refractivity contribution in [2.45, 2.75) is 6.92 Å². The van der Waals surface area contributed by atoms with E-state index in [1.54, 1.807) is 0 Å². The molecule has 74 valence electrons. The number of hydrogen-bond donors (Lipinski definition) is 4. The van der Waals surface area contributed by atoms with Crippen molar-refractivity contribution >= 4 is 14.2 Å². The van der Waals surface area contributed by atoms with Crippen LogP contribution in [0.2, 0.25) is 0 Å². The highest BCUT2D eigenvalue weighted by molar-refractivity contribution is 7.30. The third-order valence-electron chi connectivity index (χ3n) is 0. The molecule has 0 aliphatic rings. The molecule has 0 rings (SSSR count). The smallest absolute Gasteiger partial charge is 0.314 e. The fourth-order valence-corrected chi connectivity index (χ4v) is 0. The van der Waals surface area contributed by atoms with Crippen LogP contribution in [-0.2, 0) is 9.36 Å². The van der Waals surface area contributed by atoms with Gasteiger partial charge >= 0.3 is 8.25 Å². The maximum absolute atomic E-state index is 9.00. The standard InChI is InChI=1S/C2H4O2.HNO3.H3O3P/c1-2(3)4;2-1(3)4;1-4(2)3/h1H3,(H,3,4);(H,2,3,4);4H,(H2,1,2,3). The van der Waals surface area contributed by atoms with Crippen LogP contribution in [0.15, 0.2) is 0 Å². The number of nitrogens with zero attached hydrogens (tertiary/aromatic N) is 1. The maximum Gasteiger partial charge on any atom is 0.314 e. The molecule has 0 fully saturated rings. The molecule has 0 bridgehead atoms. The van der Waals surface area contributed by atoms with E-state index in [2.05, 4.69) is 0 Å². The van der Waals surface area contributed by atoms with Gasteiger partial charge in [0.25, 0.3) is 11.1 Å². The lowest BCUT2D eigenvalue weighted by molar-refractivity contribution is -0.742. The summed E-state index contributed by atoms with van der Waals surface area (Å²) in [6.45, 7) is 1.08. The van der Waals surface area contributed by atoms with Gasteiger partial charge in [0.15, 0.2) is 0 Å². The van der Waals surface area contributed by atoms with E-state index in [0.29, 0.717) is 0 Å². The van der Waals surface area contributed by atoms with E-state index in [4.69, 9.17) is 39.6 Å². The summed E-state index contributed by atoms with van der Waals surface area (Å²) in [6, 6.07) is 0. The van der Waals surface area contributed by atoms with Crippen molar-refractivity contribution in [3.05, 3.63) is 10.1 Å². The Labute approximate surface area is 66.9 Å². The molecule has 0 aromatic heterocycles. The Bertz CT molecular complexity index is 115. The normalized spacial score (nSPS) is 7.00. The molecule has 0 unspecified atom stereocenters. The highest BCUT2D eigenvalue weighted by atomic mass is 31.1. The molecule has 0 amide bonds. The molecule has 10 heteroatoms. The average Bonchev–Trinajstić information content (AvgIpc) is 1.54. The summed E-state index contributed by atoms with van der Waals surface area (Å²) in [4.78, 5) is 31.7. The summed E-state index contributed by atoms with van der Waals surface area (Å²) in [5.41, 5.74) is 0. The highest BCUT2D eigenvalue weighted by Crippen LogP contribution is 1.98. The summed E-state index contributed by atoms with van der Waals surface area (Å²) in [7, 11) is -3.13. The van der Waals surface area contributed by atoms with Gasteiger partial charge in [-0.3, -0.25) is 9.36 Å². The van der Waals surface area contributed by atoms with Crippen LogP contribution < -0.4 is 0 Å². The Morgan fingerprint density at radius 3 is 1.50 bits per heavy atom. The quantitative estimate of drug-likeness (QED) is 0.225. The van der Waals surface area contributed by atoms with Crippen LogP contribution in [0.3, 0.4) is 0 Å². The molecule has 0 saturated carbocycles. The maximum atomic E-state index is 9.00. The first kappa shape index (κ1) is 17.1. The third-order valence-corrected chi connectivity index (χ3v) is 0. The topological polar surface area (TPSA) is 158 Å². The van der Waals surface area contributed by atoms with Crippen LogP contribution in [0.4, 0.5) is 0 Å². The molecule has 0 radical (unpaired) electrons. The average molecular weight is 205 g/mol. The molecule has 9 nitrogen and oxygen atoms in total. The van der Waals surface area contributed by atoms with Crippen molar-refractivity contribution in [1.82, 2.24) is 0 Å². The SMILES string of the molecule is CC(=O)O.O=[N+]([O-])O.O=[PH](O)O. The van der Waals surface area contributed by atoms with Crippen LogP contribution in [0.25, 0.3) is 0 Å². The first-order valence-corrected chi connectivity index (χ1v) is 3.45. The second-order valence-corrected chi connectivity index (χ2v) is 1.60. The van der Waals surface area contributed by atoms with E-state index >= 15 is 0 Å². The summed E-state index contributed by atoms with van der Waals surface area (Å²) in [6.07, 6.45) is 0. The van der Waals surface area contributed by atoms with Gasteiger partial charge in [-0.25, -0.2) is 0 Å². The molecule has 0 aliphatic heterocycles. The van der Waals surface area contributed by atoms with Crippen LogP contribution in [0.1, 0.15) is 6.92 Å². The lowest BCUT2D eigenvalue weighted by atomic mass is 10.9. The van der Waals surface area contributed by atoms with Crippen molar-refractivity contribution in [2.24, 2.45) is 0 Å². The molecule has 12 heavy (non-hydrogen) atoms. The predicted octanol–water partition coefficient (Wildman–Crippen LogP) is -0.896. The number of aliphatic carboxylic acids is 1. The molecule has 0 atom stereocenters. The lowest BCUT2D eigenvalue weighted by Crippen LogP contribution is -1.81. The second kappa shape index (κ2) is 12.5. The Hall–Kier alpha value is -1.18. The zero-order chi connectivity index (χ0) is 10.7. The van der Waals surface area contributed by atoms with Gasteiger partial charge in [0.2, 0.25) is 0 Å². The van der Waals surface area contributed by atoms with Crippen LogP contribution >= 0.6 is 8.25 Å². The Balaban J connectivity index is -0.000000101. The first-order valence-electron chi connectivity index (χ1n) is 2.14. The monoisotopic (exact) mass is 205 g/mol. The number of carboxylic acid groups (broad SMARTS) is 1. The van der Waals surface area contributed by atoms with E-state index in [9.17, 15) is 0 Å². The summed E-state index contributed by atoms with van der Waals surface area (Å²) >= 11 is 0. The molecule has 0 aliphatic carbocycles. The second-order valence-electron chi connectivity index (χ2n) is 1.04. The van der Waals surface area contributed by atoms with Gasteiger partial charge in [0.1, 0.15) is 0 Å². The van der Waals surface area contributed by atoms with Crippen molar-refractivity contribution in [2.75, 3.05) is 0 Å². The van der Waals surface area contributed by atoms with Crippen LogP contribution in [0, 0.1) is 10.1 Å². The minimum Gasteiger partial charge on any atom is -0.481 e. The number of rotatable bonds is 0. The number of carbonyl (C=O) groups is 1. The van der Waals surface area contributed by atoms with E-state index in [-0.39, 0.29) is 0 Å². The van der Waals surface area contributed by atoms with Gasteiger partial charge in [-0.1, -0.05) is 0 Å². The molecule has 0 spiro atoms. The van der Waals surface area contributed by atoms with Crippen LogP contribution in [-0.4, -0.2) is 31.2 Å². The fraction of sp³-hybridized carbons (Fsp3) is 0.500. The number of hydrogen-bond acceptors (Lipinski definition) is 4. The van der Waals surface area contributed by atoms with Gasteiger partial charge in [0, 0.05) is 6.92 Å². The zero-order valence-corrected chi connectivity index (χ0v) is 6.87. The third kappa shape index (κ3) is 387. The van der Waals surface area contributed by atoms with Gasteiger partial charge in [0.05, 0.1) is 0 Å². The molecule has 0 heterocycles. The van der Waals surface area contributed by atoms with Crippen molar-refractivity contribution < 1.29 is 34.5 Å². The summed E-state index contributed by atoms with van der Waals surface area (Å²) < 4.78 is 8.74. The van der Waals surface area contributed by atoms with Crippen molar-refractivity contribution in [3.63, 3.8) is 0 Å². The predicted molar refractivity (Wildman–Crippen MR) is 35.5 cm³/mol. The minimum atomic E-state index is -3.13. The van der Waals surface area contributed by atoms with E-state index in [1.165, 1.54) is 0 Å². The fourth-order valence-electron chi connectivity index (χ4n) is 0. The first-order chi connectivity index (χ1) is 5.20. The van der Waals surface area contributed by atoms with Gasteiger partial charge < -0.3 is 20.1 Å². The van der Waals surface area contributed by atoms with Gasteiger partial charge in [-0.2, -0.15) is 0 Å². The molecule has 4 N–H and O–H groups in total. The minimum absolute atomic E-state index is 0.833. The van der Waals surface area contributed by atoms with Crippen molar-refractivity contribution in [1.29, 1.82) is 0 Å². The zero-order valence-electron chi connectivity index (χ0n) is 5.87.